The number of hydrogen-bond acceptors (Lipinski definition) is 6. The molecule has 0 aliphatic rings. The van der Waals surface area contributed by atoms with Gasteiger partial charge >= 0.3 is 17.8 Å². The number of esters is 1. The van der Waals surface area contributed by atoms with Gasteiger partial charge in [-0.05, 0) is 69.1 Å². The second-order valence-electron chi connectivity index (χ2n) is 8.30. The van der Waals surface area contributed by atoms with E-state index in [-0.39, 0.29) is 52.1 Å². The van der Waals surface area contributed by atoms with Crippen LogP contribution < -0.4 is 4.74 Å². The highest BCUT2D eigenvalue weighted by Gasteiger charge is 2.48. The fraction of sp³-hybridized carbons (Fsp3) is 0.591. The highest BCUT2D eigenvalue weighted by molar-refractivity contribution is 9.10. The van der Waals surface area contributed by atoms with Gasteiger partial charge in [0.25, 0.3) is 8.38 Å². The highest BCUT2D eigenvalue weighted by Crippen LogP contribution is 2.63. The molecule has 0 aliphatic heterocycles. The maximum atomic E-state index is 15.4. The van der Waals surface area contributed by atoms with E-state index in [2.05, 4.69) is 15.9 Å². The molecule has 1 aromatic heterocycles. The van der Waals surface area contributed by atoms with Crippen molar-refractivity contribution in [3.63, 3.8) is 0 Å². The zero-order valence-electron chi connectivity index (χ0n) is 19.9. The van der Waals surface area contributed by atoms with E-state index < -0.39 is 43.1 Å². The molecule has 0 atom stereocenters. The normalized spacial score (nSPS) is 13.0. The first-order chi connectivity index (χ1) is 16.1. The van der Waals surface area contributed by atoms with Crippen LogP contribution in [0.3, 0.4) is 0 Å². The van der Waals surface area contributed by atoms with Gasteiger partial charge in [-0.3, -0.25) is 0 Å². The van der Waals surface area contributed by atoms with E-state index in [1.165, 1.54) is 12.1 Å². The molecule has 35 heavy (non-hydrogen) atoms. The fourth-order valence-electron chi connectivity index (χ4n) is 2.87. The van der Waals surface area contributed by atoms with E-state index >= 15 is 8.78 Å². The molecule has 13 heteroatoms. The van der Waals surface area contributed by atoms with Gasteiger partial charge in [0.15, 0.2) is 0 Å². The third-order valence-electron chi connectivity index (χ3n) is 4.19. The van der Waals surface area contributed by atoms with E-state index in [4.69, 9.17) is 18.5 Å². The van der Waals surface area contributed by atoms with Gasteiger partial charge in [-0.2, -0.15) is 22.0 Å². The minimum atomic E-state index is -4.35. The predicted octanol–water partition coefficient (Wildman–Crippen LogP) is 8.77. The molecule has 0 unspecified atom stereocenters. The number of alkyl halides is 5. The smallest absolute Gasteiger partial charge is 0.389 e. The van der Waals surface area contributed by atoms with Crippen molar-refractivity contribution in [2.24, 2.45) is 0 Å². The average Bonchev–Trinajstić information content (AvgIpc) is 3.06. The Balaban J connectivity index is 2.57. The molecule has 0 amide bonds. The van der Waals surface area contributed by atoms with E-state index in [0.717, 1.165) is 0 Å². The Morgan fingerprint density at radius 1 is 1.06 bits per heavy atom. The van der Waals surface area contributed by atoms with Crippen molar-refractivity contribution >= 4 is 51.7 Å². The SMILES string of the molecule is CCOP(OCC)C(F)(F)c1sc2c(OCCCC(F)(F)F)cc(C(=O)OC(C)(C)C)cc2c1Br. The lowest BCUT2D eigenvalue weighted by molar-refractivity contribution is -0.136. The molecule has 0 radical (unpaired) electrons. The summed E-state index contributed by atoms with van der Waals surface area (Å²) in [6.07, 6.45) is -5.75. The number of rotatable bonds is 11. The minimum absolute atomic E-state index is 0.00966. The van der Waals surface area contributed by atoms with Crippen molar-refractivity contribution in [2.45, 2.75) is 64.9 Å². The average molecular weight is 609 g/mol. The zero-order chi connectivity index (χ0) is 26.6. The van der Waals surface area contributed by atoms with Gasteiger partial charge in [-0.15, -0.1) is 11.3 Å². The van der Waals surface area contributed by atoms with Gasteiger partial charge in [0, 0.05) is 16.3 Å². The lowest BCUT2D eigenvalue weighted by atomic mass is 10.1. The van der Waals surface area contributed by atoms with Gasteiger partial charge in [-0.1, -0.05) is 0 Å². The quantitative estimate of drug-likeness (QED) is 0.110. The monoisotopic (exact) mass is 608 g/mol. The summed E-state index contributed by atoms with van der Waals surface area (Å²) in [6.45, 7) is 7.86. The van der Waals surface area contributed by atoms with Gasteiger partial charge in [-0.25, -0.2) is 4.79 Å². The Bertz CT molecular complexity index is 1020. The molecule has 1 aromatic carbocycles. The standard InChI is InChI=1S/C22H27BrF5O5PS/c1-6-31-34(32-7-2)22(27,28)18-16(23)14-11-13(19(29)33-20(3,4)5)12-15(17(14)35-18)30-10-8-9-21(24,25)26/h11-12H,6-10H2,1-5H3. The summed E-state index contributed by atoms with van der Waals surface area (Å²) in [5.74, 6) is -0.715. The van der Waals surface area contributed by atoms with Gasteiger partial charge < -0.3 is 18.5 Å². The molecular formula is C22H27BrF5O5PS. The summed E-state index contributed by atoms with van der Waals surface area (Å²) in [5.41, 5.74) is -4.32. The van der Waals surface area contributed by atoms with E-state index in [0.29, 0.717) is 11.3 Å². The maximum absolute atomic E-state index is 15.4. The molecule has 198 valence electrons. The Hall–Kier alpha value is -1.07. The summed E-state index contributed by atoms with van der Waals surface area (Å²) >= 11 is 3.91. The third kappa shape index (κ3) is 8.21. The molecule has 0 spiro atoms. The summed E-state index contributed by atoms with van der Waals surface area (Å²) < 4.78 is 90.0. The molecule has 0 N–H and O–H groups in total. The van der Waals surface area contributed by atoms with Gasteiger partial charge in [0.1, 0.15) is 11.4 Å². The lowest BCUT2D eigenvalue weighted by Crippen LogP contribution is -2.23. The lowest BCUT2D eigenvalue weighted by Gasteiger charge is -2.24. The van der Waals surface area contributed by atoms with Crippen LogP contribution in [-0.2, 0) is 19.4 Å². The number of carbonyl (C=O) groups excluding carboxylic acids is 1. The Labute approximate surface area is 214 Å². The third-order valence-corrected chi connectivity index (χ3v) is 8.38. The molecule has 5 nitrogen and oxygen atoms in total. The molecule has 0 saturated carbocycles. The first-order valence-corrected chi connectivity index (χ1v) is 13.5. The molecule has 0 aliphatic carbocycles. The number of benzene rings is 1. The van der Waals surface area contributed by atoms with E-state index in [1.54, 1.807) is 34.6 Å². The van der Waals surface area contributed by atoms with Crippen LogP contribution in [-0.4, -0.2) is 37.6 Å². The molecule has 1 heterocycles. The highest BCUT2D eigenvalue weighted by atomic mass is 79.9. The van der Waals surface area contributed by atoms with Crippen LogP contribution >= 0.6 is 35.6 Å². The minimum Gasteiger partial charge on any atom is -0.492 e. The molecule has 0 fully saturated rings. The first-order valence-electron chi connectivity index (χ1n) is 10.7. The van der Waals surface area contributed by atoms with Crippen molar-refractivity contribution < 1.29 is 45.3 Å². The fourth-order valence-corrected chi connectivity index (χ4v) is 6.48. The van der Waals surface area contributed by atoms with Gasteiger partial charge in [0.05, 0.1) is 35.0 Å². The van der Waals surface area contributed by atoms with Crippen LogP contribution in [0, 0.1) is 0 Å². The summed E-state index contributed by atoms with van der Waals surface area (Å²) in [7, 11) is -2.62. The van der Waals surface area contributed by atoms with Crippen LogP contribution in [0.2, 0.25) is 0 Å². The summed E-state index contributed by atoms with van der Waals surface area (Å²) in [6, 6.07) is 2.68. The number of carbonyl (C=O) groups is 1. The number of halogens is 6. The molecule has 2 aromatic rings. The van der Waals surface area contributed by atoms with Crippen LogP contribution in [0.4, 0.5) is 22.0 Å². The second kappa shape index (κ2) is 12.0. The van der Waals surface area contributed by atoms with E-state index in [9.17, 15) is 18.0 Å². The predicted molar refractivity (Wildman–Crippen MR) is 130 cm³/mol. The van der Waals surface area contributed by atoms with Crippen LogP contribution in [0.15, 0.2) is 16.6 Å². The van der Waals surface area contributed by atoms with Crippen LogP contribution in [0.1, 0.15) is 62.7 Å². The Morgan fingerprint density at radius 3 is 2.17 bits per heavy atom. The second-order valence-corrected chi connectivity index (χ2v) is 11.7. The Morgan fingerprint density at radius 2 is 1.66 bits per heavy atom. The summed E-state index contributed by atoms with van der Waals surface area (Å²) in [5, 5.41) is 0.238. The first kappa shape index (κ1) is 30.2. The molecular weight excluding hydrogens is 582 g/mol. The molecule has 2 rings (SSSR count). The molecule has 0 saturated heterocycles. The number of fused-ring (bicyclic) bond motifs is 1. The van der Waals surface area contributed by atoms with Crippen molar-refractivity contribution in [2.75, 3.05) is 19.8 Å². The van der Waals surface area contributed by atoms with Crippen molar-refractivity contribution in [3.05, 3.63) is 27.0 Å². The van der Waals surface area contributed by atoms with Crippen LogP contribution in [0.25, 0.3) is 10.1 Å². The number of hydrogen-bond donors (Lipinski definition) is 0. The van der Waals surface area contributed by atoms with Gasteiger partial charge in [0.2, 0.25) is 0 Å². The van der Waals surface area contributed by atoms with Crippen molar-refractivity contribution in [3.8, 4) is 5.75 Å². The summed E-state index contributed by atoms with van der Waals surface area (Å²) in [4.78, 5) is 12.3. The van der Waals surface area contributed by atoms with Crippen molar-refractivity contribution in [1.29, 1.82) is 0 Å². The van der Waals surface area contributed by atoms with E-state index in [1.807, 2.05) is 0 Å². The largest absolute Gasteiger partial charge is 0.492 e. The Kier molecular flexibility index (Phi) is 10.3. The molecule has 0 bridgehead atoms. The zero-order valence-corrected chi connectivity index (χ0v) is 23.2. The van der Waals surface area contributed by atoms with Crippen molar-refractivity contribution in [1.82, 2.24) is 0 Å². The van der Waals surface area contributed by atoms with Crippen LogP contribution in [0.5, 0.6) is 5.75 Å². The topological polar surface area (TPSA) is 54.0 Å². The maximum Gasteiger partial charge on any atom is 0.389 e. The number of ether oxygens (including phenoxy) is 2. The number of thiophene rings is 1.